The molecule has 140 valence electrons. The molecule has 0 N–H and O–H groups in total. The van der Waals surface area contributed by atoms with E-state index in [-0.39, 0.29) is 23.9 Å². The second kappa shape index (κ2) is 8.65. The highest BCUT2D eigenvalue weighted by Gasteiger charge is 2.26. The third-order valence-corrected chi connectivity index (χ3v) is 4.15. The highest BCUT2D eigenvalue weighted by molar-refractivity contribution is 5.69. The van der Waals surface area contributed by atoms with Crippen LogP contribution in [0.5, 0.6) is 11.5 Å². The van der Waals surface area contributed by atoms with Crippen molar-refractivity contribution in [3.63, 3.8) is 0 Å². The van der Waals surface area contributed by atoms with Gasteiger partial charge in [0.05, 0.1) is 14.2 Å². The monoisotopic (exact) mass is 364 g/mol. The van der Waals surface area contributed by atoms with Crippen LogP contribution in [0.4, 0.5) is 8.78 Å². The number of carbonyl (C=O) groups is 1. The summed E-state index contributed by atoms with van der Waals surface area (Å²) in [6.07, 6.45) is -0.409. The van der Waals surface area contributed by atoms with Crippen molar-refractivity contribution in [1.29, 1.82) is 0 Å². The maximum absolute atomic E-state index is 14.2. The Morgan fingerprint density at radius 1 is 0.962 bits per heavy atom. The van der Waals surface area contributed by atoms with Crippen molar-refractivity contribution in [2.45, 2.75) is 32.3 Å². The van der Waals surface area contributed by atoms with Crippen LogP contribution in [-0.2, 0) is 9.53 Å². The van der Waals surface area contributed by atoms with Crippen molar-refractivity contribution in [1.82, 2.24) is 0 Å². The van der Waals surface area contributed by atoms with E-state index >= 15 is 0 Å². The van der Waals surface area contributed by atoms with Gasteiger partial charge in [0.25, 0.3) is 0 Å². The van der Waals surface area contributed by atoms with E-state index in [1.54, 1.807) is 26.0 Å². The molecule has 4 nitrogen and oxygen atoms in total. The first kappa shape index (κ1) is 19.7. The standard InChI is InChI=1S/C20H22F2O4/c1-5-19(23)26-12(2)20(13-6-8-17(24-3)15(21)10-13)14-7-9-18(25-4)16(22)11-14/h6-12,20H,5H2,1-4H3. The van der Waals surface area contributed by atoms with E-state index in [1.165, 1.54) is 38.5 Å². The zero-order chi connectivity index (χ0) is 19.3. The van der Waals surface area contributed by atoms with Crippen LogP contribution in [0, 0.1) is 11.6 Å². The molecule has 0 fully saturated rings. The average molecular weight is 364 g/mol. The summed E-state index contributed by atoms with van der Waals surface area (Å²) in [6.45, 7) is 3.38. The molecule has 0 saturated carbocycles. The fourth-order valence-electron chi connectivity index (χ4n) is 2.85. The SMILES string of the molecule is CCC(=O)OC(C)C(c1ccc(OC)c(F)c1)c1ccc(OC)c(F)c1. The molecule has 0 saturated heterocycles. The highest BCUT2D eigenvalue weighted by atomic mass is 19.1. The summed E-state index contributed by atoms with van der Waals surface area (Å²) in [7, 11) is 2.75. The molecule has 1 atom stereocenters. The van der Waals surface area contributed by atoms with Gasteiger partial charge < -0.3 is 14.2 Å². The quantitative estimate of drug-likeness (QED) is 0.681. The minimum Gasteiger partial charge on any atom is -0.494 e. The fraction of sp³-hybridized carbons (Fsp3) is 0.350. The molecule has 0 bridgehead atoms. The van der Waals surface area contributed by atoms with Crippen molar-refractivity contribution in [3.05, 3.63) is 59.2 Å². The number of esters is 1. The van der Waals surface area contributed by atoms with Gasteiger partial charge >= 0.3 is 5.97 Å². The normalized spacial score (nSPS) is 12.0. The number of methoxy groups -OCH3 is 2. The predicted molar refractivity (Wildman–Crippen MR) is 93.6 cm³/mol. The van der Waals surface area contributed by atoms with Crippen molar-refractivity contribution >= 4 is 5.97 Å². The van der Waals surface area contributed by atoms with E-state index in [1.807, 2.05) is 0 Å². The summed E-state index contributed by atoms with van der Waals surface area (Å²) in [4.78, 5) is 11.7. The Morgan fingerprint density at radius 3 is 1.77 bits per heavy atom. The summed E-state index contributed by atoms with van der Waals surface area (Å²) in [6, 6.07) is 8.94. The number of benzene rings is 2. The molecule has 0 heterocycles. The van der Waals surface area contributed by atoms with Gasteiger partial charge in [-0.05, 0) is 42.3 Å². The number of carbonyl (C=O) groups excluding carboxylic acids is 1. The first-order valence-electron chi connectivity index (χ1n) is 8.27. The largest absolute Gasteiger partial charge is 0.494 e. The van der Waals surface area contributed by atoms with Gasteiger partial charge in [-0.1, -0.05) is 19.1 Å². The summed E-state index contributed by atoms with van der Waals surface area (Å²) >= 11 is 0. The highest BCUT2D eigenvalue weighted by Crippen LogP contribution is 2.34. The fourth-order valence-corrected chi connectivity index (χ4v) is 2.85. The van der Waals surface area contributed by atoms with E-state index in [9.17, 15) is 13.6 Å². The molecule has 0 amide bonds. The molecule has 2 aromatic rings. The average Bonchev–Trinajstić information content (AvgIpc) is 2.62. The van der Waals surface area contributed by atoms with Crippen molar-refractivity contribution in [2.75, 3.05) is 14.2 Å². The van der Waals surface area contributed by atoms with Gasteiger partial charge in [0.1, 0.15) is 6.10 Å². The third kappa shape index (κ3) is 4.31. The molecular weight excluding hydrogens is 342 g/mol. The Balaban J connectivity index is 2.49. The third-order valence-electron chi connectivity index (χ3n) is 4.15. The van der Waals surface area contributed by atoms with Crippen LogP contribution in [0.25, 0.3) is 0 Å². The lowest BCUT2D eigenvalue weighted by Gasteiger charge is -2.25. The van der Waals surface area contributed by atoms with Gasteiger partial charge in [-0.25, -0.2) is 8.78 Å². The number of hydrogen-bond acceptors (Lipinski definition) is 4. The lowest BCUT2D eigenvalue weighted by Crippen LogP contribution is -2.23. The van der Waals surface area contributed by atoms with Crippen molar-refractivity contribution < 1.29 is 27.8 Å². The topological polar surface area (TPSA) is 44.8 Å². The van der Waals surface area contributed by atoms with Crippen LogP contribution < -0.4 is 9.47 Å². The zero-order valence-corrected chi connectivity index (χ0v) is 15.2. The first-order chi connectivity index (χ1) is 12.4. The van der Waals surface area contributed by atoms with Crippen LogP contribution >= 0.6 is 0 Å². The second-order valence-corrected chi connectivity index (χ2v) is 5.81. The molecule has 0 aliphatic carbocycles. The molecule has 0 radical (unpaired) electrons. The molecular formula is C20H22F2O4. The minimum absolute atomic E-state index is 0.103. The lowest BCUT2D eigenvalue weighted by atomic mass is 9.87. The Hall–Kier alpha value is -2.63. The lowest BCUT2D eigenvalue weighted by molar-refractivity contribution is -0.148. The van der Waals surface area contributed by atoms with E-state index in [4.69, 9.17) is 14.2 Å². The first-order valence-corrected chi connectivity index (χ1v) is 8.27. The molecule has 6 heteroatoms. The van der Waals surface area contributed by atoms with E-state index in [0.29, 0.717) is 11.1 Å². The smallest absolute Gasteiger partial charge is 0.305 e. The number of rotatable bonds is 7. The molecule has 2 aromatic carbocycles. The van der Waals surface area contributed by atoms with Crippen LogP contribution in [0.3, 0.4) is 0 Å². The maximum atomic E-state index is 14.2. The van der Waals surface area contributed by atoms with Gasteiger partial charge in [0, 0.05) is 12.3 Å². The van der Waals surface area contributed by atoms with Crippen LogP contribution in [0.15, 0.2) is 36.4 Å². The van der Waals surface area contributed by atoms with Gasteiger partial charge in [-0.2, -0.15) is 0 Å². The Morgan fingerprint density at radius 2 is 1.42 bits per heavy atom. The maximum Gasteiger partial charge on any atom is 0.305 e. The van der Waals surface area contributed by atoms with Crippen LogP contribution in [0.2, 0.25) is 0 Å². The Bertz CT molecular complexity index is 723. The van der Waals surface area contributed by atoms with Gasteiger partial charge in [0.2, 0.25) is 0 Å². The van der Waals surface area contributed by atoms with Gasteiger partial charge in [-0.15, -0.1) is 0 Å². The molecule has 0 aromatic heterocycles. The number of hydrogen-bond donors (Lipinski definition) is 0. The Labute approximate surface area is 151 Å². The molecule has 26 heavy (non-hydrogen) atoms. The van der Waals surface area contributed by atoms with Crippen LogP contribution in [0.1, 0.15) is 37.3 Å². The zero-order valence-electron chi connectivity index (χ0n) is 15.2. The molecule has 0 aliphatic heterocycles. The predicted octanol–water partition coefficient (Wildman–Crippen LogP) is 4.46. The summed E-state index contributed by atoms with van der Waals surface area (Å²) < 4.78 is 43.7. The molecule has 0 aliphatic rings. The van der Waals surface area contributed by atoms with Gasteiger partial charge in [0.15, 0.2) is 23.1 Å². The van der Waals surface area contributed by atoms with E-state index in [2.05, 4.69) is 0 Å². The molecule has 0 spiro atoms. The van der Waals surface area contributed by atoms with E-state index in [0.717, 1.165) is 0 Å². The van der Waals surface area contributed by atoms with Crippen LogP contribution in [-0.4, -0.2) is 26.3 Å². The van der Waals surface area contributed by atoms with E-state index < -0.39 is 23.7 Å². The summed E-state index contributed by atoms with van der Waals surface area (Å²) in [5.41, 5.74) is 1.09. The summed E-state index contributed by atoms with van der Waals surface area (Å²) in [5.74, 6) is -1.81. The summed E-state index contributed by atoms with van der Waals surface area (Å²) in [5, 5.41) is 0. The van der Waals surface area contributed by atoms with Gasteiger partial charge in [-0.3, -0.25) is 4.79 Å². The second-order valence-electron chi connectivity index (χ2n) is 5.81. The number of ether oxygens (including phenoxy) is 3. The van der Waals surface area contributed by atoms with Crippen molar-refractivity contribution in [2.24, 2.45) is 0 Å². The minimum atomic E-state index is -0.622. The van der Waals surface area contributed by atoms with Crippen molar-refractivity contribution in [3.8, 4) is 11.5 Å². The molecule has 2 rings (SSSR count). The number of halogens is 2. The molecule has 1 unspecified atom stereocenters. The Kier molecular flexibility index (Phi) is 6.55.